The third-order valence-corrected chi connectivity index (χ3v) is 3.98. The zero-order valence-corrected chi connectivity index (χ0v) is 14.1. The molecule has 1 aliphatic heterocycles. The number of halogens is 6. The first-order chi connectivity index (χ1) is 13.0. The van der Waals surface area contributed by atoms with Crippen LogP contribution < -0.4 is 9.64 Å². The molecule has 0 bridgehead atoms. The molecule has 2 amide bonds. The van der Waals surface area contributed by atoms with Crippen molar-refractivity contribution in [3.05, 3.63) is 53.7 Å². The second-order valence-corrected chi connectivity index (χ2v) is 5.95. The fraction of sp³-hybridized carbons (Fsp3) is 0.294. The number of rotatable bonds is 4. The molecule has 0 saturated carbocycles. The average molecular weight is 405 g/mol. The van der Waals surface area contributed by atoms with Crippen molar-refractivity contribution in [2.24, 2.45) is 0 Å². The van der Waals surface area contributed by atoms with E-state index in [0.29, 0.717) is 18.3 Å². The van der Waals surface area contributed by atoms with Gasteiger partial charge in [0.15, 0.2) is 0 Å². The molecule has 2 heterocycles. The van der Waals surface area contributed by atoms with E-state index in [1.54, 1.807) is 0 Å². The number of anilines is 1. The molecule has 150 valence electrons. The normalized spacial score (nSPS) is 15.3. The Morgan fingerprint density at radius 2 is 1.64 bits per heavy atom. The van der Waals surface area contributed by atoms with Crippen molar-refractivity contribution < 1.29 is 35.9 Å². The van der Waals surface area contributed by atoms with Gasteiger partial charge in [-0.25, -0.2) is 9.78 Å². The summed E-state index contributed by atoms with van der Waals surface area (Å²) in [6.07, 6.45) is -8.65. The molecule has 1 aliphatic rings. The van der Waals surface area contributed by atoms with Crippen LogP contribution in [0.5, 0.6) is 5.75 Å². The Hall–Kier alpha value is -2.98. The Balaban J connectivity index is 1.64. The first kappa shape index (κ1) is 19.8. The molecule has 0 N–H and O–H groups in total. The number of hydrogen-bond acceptors (Lipinski definition) is 3. The number of ether oxygens (including phenoxy) is 1. The van der Waals surface area contributed by atoms with Crippen molar-refractivity contribution in [1.29, 1.82) is 0 Å². The summed E-state index contributed by atoms with van der Waals surface area (Å²) in [5, 5.41) is 0. The van der Waals surface area contributed by atoms with Crippen molar-refractivity contribution in [1.82, 2.24) is 9.88 Å². The van der Waals surface area contributed by atoms with Gasteiger partial charge >= 0.3 is 18.6 Å². The minimum Gasteiger partial charge on any atom is -0.406 e. The van der Waals surface area contributed by atoms with Gasteiger partial charge in [-0.2, -0.15) is 13.2 Å². The van der Waals surface area contributed by atoms with Gasteiger partial charge in [-0.15, -0.1) is 13.2 Å². The van der Waals surface area contributed by atoms with Crippen LogP contribution in [-0.4, -0.2) is 35.4 Å². The minimum absolute atomic E-state index is 0.0921. The lowest BCUT2D eigenvalue weighted by atomic mass is 10.2. The van der Waals surface area contributed by atoms with E-state index in [2.05, 4.69) is 9.72 Å². The summed E-state index contributed by atoms with van der Waals surface area (Å²) in [4.78, 5) is 18.8. The van der Waals surface area contributed by atoms with Crippen LogP contribution in [0.4, 0.5) is 37.0 Å². The van der Waals surface area contributed by atoms with Crippen LogP contribution in [0.3, 0.4) is 0 Å². The lowest BCUT2D eigenvalue weighted by Crippen LogP contribution is -2.32. The van der Waals surface area contributed by atoms with E-state index in [1.807, 2.05) is 0 Å². The zero-order valence-electron chi connectivity index (χ0n) is 14.1. The molecule has 0 unspecified atom stereocenters. The number of carbonyl (C=O) groups is 1. The van der Waals surface area contributed by atoms with Crippen LogP contribution in [0.1, 0.15) is 11.1 Å². The van der Waals surface area contributed by atoms with E-state index < -0.39 is 24.1 Å². The number of hydrogen-bond donors (Lipinski definition) is 0. The van der Waals surface area contributed by atoms with Gasteiger partial charge in [0.2, 0.25) is 0 Å². The number of alkyl halides is 6. The monoisotopic (exact) mass is 405 g/mol. The first-order valence-corrected chi connectivity index (χ1v) is 7.97. The summed E-state index contributed by atoms with van der Waals surface area (Å²) < 4.78 is 78.1. The van der Waals surface area contributed by atoms with Gasteiger partial charge in [0.05, 0.1) is 5.56 Å². The lowest BCUT2D eigenvalue weighted by Gasteiger charge is -2.18. The second-order valence-electron chi connectivity index (χ2n) is 5.95. The molecule has 0 spiro atoms. The van der Waals surface area contributed by atoms with E-state index in [-0.39, 0.29) is 24.7 Å². The van der Waals surface area contributed by atoms with Crippen LogP contribution in [0.25, 0.3) is 0 Å². The highest BCUT2D eigenvalue weighted by atomic mass is 19.4. The molecule has 0 aliphatic carbocycles. The third-order valence-electron chi connectivity index (χ3n) is 3.98. The maximum atomic E-state index is 12.6. The average Bonchev–Trinajstić information content (AvgIpc) is 2.95. The minimum atomic E-state index is -4.79. The quantitative estimate of drug-likeness (QED) is 0.707. The number of aromatic nitrogens is 1. The molecular formula is C17H13F6N3O2. The van der Waals surface area contributed by atoms with Gasteiger partial charge < -0.3 is 9.64 Å². The van der Waals surface area contributed by atoms with Gasteiger partial charge in [0.25, 0.3) is 0 Å². The molecule has 0 atom stereocenters. The Labute approximate surface area is 155 Å². The summed E-state index contributed by atoms with van der Waals surface area (Å²) in [7, 11) is 0. The van der Waals surface area contributed by atoms with Crippen molar-refractivity contribution in [3.8, 4) is 5.75 Å². The largest absolute Gasteiger partial charge is 0.573 e. The van der Waals surface area contributed by atoms with Crippen molar-refractivity contribution in [3.63, 3.8) is 0 Å². The number of carbonyl (C=O) groups excluding carboxylic acids is 1. The van der Waals surface area contributed by atoms with Crippen LogP contribution in [0.2, 0.25) is 0 Å². The molecule has 3 rings (SSSR count). The predicted molar refractivity (Wildman–Crippen MR) is 85.5 cm³/mol. The summed E-state index contributed by atoms with van der Waals surface area (Å²) in [5.74, 6) is -0.283. The fourth-order valence-corrected chi connectivity index (χ4v) is 2.67. The molecule has 1 fully saturated rings. The summed E-state index contributed by atoms with van der Waals surface area (Å²) in [6.45, 7) is 0.650. The van der Waals surface area contributed by atoms with Gasteiger partial charge in [-0.1, -0.05) is 12.1 Å². The van der Waals surface area contributed by atoms with E-state index in [9.17, 15) is 31.1 Å². The number of nitrogens with zero attached hydrogens (tertiary/aromatic N) is 3. The van der Waals surface area contributed by atoms with Crippen LogP contribution in [0.15, 0.2) is 42.6 Å². The smallest absolute Gasteiger partial charge is 0.406 e. The molecule has 11 heteroatoms. The highest BCUT2D eigenvalue weighted by Gasteiger charge is 2.34. The molecule has 28 heavy (non-hydrogen) atoms. The third kappa shape index (κ3) is 4.65. The van der Waals surface area contributed by atoms with Crippen molar-refractivity contribution >= 4 is 11.8 Å². The van der Waals surface area contributed by atoms with Gasteiger partial charge in [0.1, 0.15) is 11.6 Å². The Morgan fingerprint density at radius 3 is 2.18 bits per heavy atom. The predicted octanol–water partition coefficient (Wildman–Crippen LogP) is 4.44. The van der Waals surface area contributed by atoms with Crippen LogP contribution in [0, 0.1) is 0 Å². The molecule has 1 saturated heterocycles. The van der Waals surface area contributed by atoms with Gasteiger partial charge in [-0.3, -0.25) is 4.90 Å². The summed E-state index contributed by atoms with van der Waals surface area (Å²) in [5.41, 5.74) is -0.342. The van der Waals surface area contributed by atoms with E-state index in [1.165, 1.54) is 21.9 Å². The van der Waals surface area contributed by atoms with E-state index in [0.717, 1.165) is 24.3 Å². The molecule has 2 aromatic rings. The zero-order chi connectivity index (χ0) is 20.5. The van der Waals surface area contributed by atoms with Gasteiger partial charge in [0, 0.05) is 25.8 Å². The number of benzene rings is 1. The van der Waals surface area contributed by atoms with E-state index in [4.69, 9.17) is 0 Å². The summed E-state index contributed by atoms with van der Waals surface area (Å²) >= 11 is 0. The van der Waals surface area contributed by atoms with Crippen molar-refractivity contribution in [2.75, 3.05) is 18.0 Å². The highest BCUT2D eigenvalue weighted by molar-refractivity contribution is 5.93. The molecule has 1 aromatic carbocycles. The second kappa shape index (κ2) is 7.21. The summed E-state index contributed by atoms with van der Waals surface area (Å²) in [6, 6.07) is 6.58. The highest BCUT2D eigenvalue weighted by Crippen LogP contribution is 2.30. The Bertz CT molecular complexity index is 834. The Kier molecular flexibility index (Phi) is 5.09. The SMILES string of the molecule is O=C1N(Cc2ccc(OC(F)(F)F)cc2)CCN1c1ccc(C(F)(F)F)cn1. The van der Waals surface area contributed by atoms with E-state index >= 15 is 0 Å². The maximum absolute atomic E-state index is 12.6. The van der Waals surface area contributed by atoms with Crippen LogP contribution in [-0.2, 0) is 12.7 Å². The van der Waals surface area contributed by atoms with Crippen LogP contribution >= 0.6 is 0 Å². The maximum Gasteiger partial charge on any atom is 0.573 e. The number of amides is 2. The number of pyridine rings is 1. The fourth-order valence-electron chi connectivity index (χ4n) is 2.67. The molecule has 1 aromatic heterocycles. The molecular weight excluding hydrogens is 392 g/mol. The Morgan fingerprint density at radius 1 is 0.964 bits per heavy atom. The number of urea groups is 1. The lowest BCUT2D eigenvalue weighted by molar-refractivity contribution is -0.274. The first-order valence-electron chi connectivity index (χ1n) is 7.97. The molecule has 5 nitrogen and oxygen atoms in total. The molecule has 0 radical (unpaired) electrons. The van der Waals surface area contributed by atoms with Gasteiger partial charge in [-0.05, 0) is 29.8 Å². The topological polar surface area (TPSA) is 45.7 Å². The standard InChI is InChI=1S/C17H13F6N3O2/c18-16(19,20)12-3-6-14(24-9-12)26-8-7-25(15(26)27)10-11-1-4-13(5-2-11)28-17(21,22)23/h1-6,9H,7-8,10H2. The van der Waals surface area contributed by atoms with Crippen molar-refractivity contribution in [2.45, 2.75) is 19.1 Å².